The standard InChI is InChI=1S/C30H34N8O4/c1-17-13-37-16-21(10-20(11-31)26(37)33-17)34-27(39)22-8-9-24(23-12-32-28(41-7)35-25(22)23)36-14-18(2)38(19(3)15-36)29(40)42-30(4,5)6/h8-10,12-13,16,18-19H,14-15H2,1-7H3,(H,34,39)/t18-,19+. The molecule has 218 valence electrons. The Balaban J connectivity index is 1.48. The molecule has 12 nitrogen and oxygen atoms in total. The maximum absolute atomic E-state index is 13.6. The molecular formula is C30H34N8O4. The molecule has 1 fully saturated rings. The molecule has 0 unspecified atom stereocenters. The number of hydrogen-bond acceptors (Lipinski definition) is 9. The summed E-state index contributed by atoms with van der Waals surface area (Å²) in [5, 5.41) is 13.2. The van der Waals surface area contributed by atoms with Crippen LogP contribution in [-0.2, 0) is 4.74 Å². The Hall–Kier alpha value is -4.92. The zero-order valence-electron chi connectivity index (χ0n) is 24.8. The minimum Gasteiger partial charge on any atom is -0.467 e. The molecule has 2 amide bonds. The topological polar surface area (TPSA) is 138 Å². The Bertz CT molecular complexity index is 1720. The number of rotatable bonds is 4. The second-order valence-corrected chi connectivity index (χ2v) is 11.6. The van der Waals surface area contributed by atoms with Gasteiger partial charge in [-0.3, -0.25) is 9.69 Å². The van der Waals surface area contributed by atoms with Crippen molar-refractivity contribution >= 4 is 39.9 Å². The van der Waals surface area contributed by atoms with Crippen LogP contribution in [0.4, 0.5) is 16.2 Å². The largest absolute Gasteiger partial charge is 0.467 e. The predicted molar refractivity (Wildman–Crippen MR) is 158 cm³/mol. The van der Waals surface area contributed by atoms with Crippen LogP contribution in [0.3, 0.4) is 0 Å². The van der Waals surface area contributed by atoms with E-state index in [0.717, 1.165) is 11.4 Å². The van der Waals surface area contributed by atoms with Gasteiger partial charge < -0.3 is 24.1 Å². The molecule has 4 heterocycles. The third kappa shape index (κ3) is 5.50. The Labute approximate surface area is 243 Å². The maximum Gasteiger partial charge on any atom is 0.410 e. The first kappa shape index (κ1) is 28.6. The molecule has 42 heavy (non-hydrogen) atoms. The van der Waals surface area contributed by atoms with E-state index in [4.69, 9.17) is 9.47 Å². The van der Waals surface area contributed by atoms with Gasteiger partial charge in [0.25, 0.3) is 5.91 Å². The van der Waals surface area contributed by atoms with Crippen molar-refractivity contribution in [3.8, 4) is 12.1 Å². The van der Waals surface area contributed by atoms with Crippen LogP contribution in [0.5, 0.6) is 6.01 Å². The van der Waals surface area contributed by atoms with Gasteiger partial charge in [0.1, 0.15) is 11.7 Å². The van der Waals surface area contributed by atoms with Gasteiger partial charge in [-0.1, -0.05) is 0 Å². The molecule has 1 aliphatic rings. The van der Waals surface area contributed by atoms with Crippen molar-refractivity contribution in [3.05, 3.63) is 53.6 Å². The highest BCUT2D eigenvalue weighted by Crippen LogP contribution is 2.33. The van der Waals surface area contributed by atoms with Crippen molar-refractivity contribution in [1.29, 1.82) is 5.26 Å². The summed E-state index contributed by atoms with van der Waals surface area (Å²) in [5.74, 6) is -0.399. The van der Waals surface area contributed by atoms with E-state index < -0.39 is 11.5 Å². The Morgan fingerprint density at radius 3 is 2.48 bits per heavy atom. The molecule has 1 saturated heterocycles. The van der Waals surface area contributed by atoms with Crippen molar-refractivity contribution in [1.82, 2.24) is 24.3 Å². The number of nitrogens with one attached hydrogen (secondary N) is 1. The van der Waals surface area contributed by atoms with Crippen LogP contribution >= 0.6 is 0 Å². The van der Waals surface area contributed by atoms with E-state index >= 15 is 0 Å². The van der Waals surface area contributed by atoms with Crippen molar-refractivity contribution in [2.75, 3.05) is 30.4 Å². The monoisotopic (exact) mass is 570 g/mol. The number of imidazole rings is 1. The third-order valence-electron chi connectivity index (χ3n) is 7.05. The summed E-state index contributed by atoms with van der Waals surface area (Å²) < 4.78 is 12.7. The molecule has 0 saturated carbocycles. The molecule has 1 aliphatic heterocycles. The van der Waals surface area contributed by atoms with Crippen molar-refractivity contribution in [2.45, 2.75) is 59.2 Å². The number of aryl methyl sites for hydroxylation is 1. The van der Waals surface area contributed by atoms with Crippen LogP contribution in [0.2, 0.25) is 0 Å². The summed E-state index contributed by atoms with van der Waals surface area (Å²) in [6.45, 7) is 12.5. The van der Waals surface area contributed by atoms with Gasteiger partial charge in [0.15, 0.2) is 5.65 Å². The summed E-state index contributed by atoms with van der Waals surface area (Å²) in [6.07, 6.45) is 4.82. The molecule has 1 aromatic carbocycles. The number of carbonyl (C=O) groups excluding carboxylic acids is 2. The van der Waals surface area contributed by atoms with E-state index in [9.17, 15) is 14.9 Å². The molecule has 0 aliphatic carbocycles. The molecule has 1 N–H and O–H groups in total. The molecule has 0 bridgehead atoms. The van der Waals surface area contributed by atoms with E-state index in [1.54, 1.807) is 40.0 Å². The molecular weight excluding hydrogens is 536 g/mol. The fourth-order valence-electron chi connectivity index (χ4n) is 5.41. The number of piperazine rings is 1. The molecule has 0 spiro atoms. The summed E-state index contributed by atoms with van der Waals surface area (Å²) in [4.78, 5) is 43.7. The fraction of sp³-hybridized carbons (Fsp3) is 0.400. The van der Waals surface area contributed by atoms with Crippen molar-refractivity contribution < 1.29 is 19.1 Å². The average molecular weight is 571 g/mol. The number of hydrogen-bond donors (Lipinski definition) is 1. The van der Waals surface area contributed by atoms with Crippen LogP contribution in [0.25, 0.3) is 16.6 Å². The SMILES string of the molecule is COc1ncc2c(N3C[C@@H](C)N(C(=O)OC(C)(C)C)[C@@H](C)C3)ccc(C(=O)Nc3cc(C#N)c4nc(C)cn4c3)c2n1. The number of nitriles is 1. The van der Waals surface area contributed by atoms with Crippen LogP contribution in [-0.4, -0.2) is 74.1 Å². The normalized spacial score (nSPS) is 17.3. The zero-order valence-corrected chi connectivity index (χ0v) is 24.8. The third-order valence-corrected chi connectivity index (χ3v) is 7.05. The number of methoxy groups -OCH3 is 1. The first-order valence-corrected chi connectivity index (χ1v) is 13.7. The number of benzene rings is 1. The average Bonchev–Trinajstić information content (AvgIpc) is 3.30. The van der Waals surface area contributed by atoms with E-state index in [1.807, 2.05) is 47.6 Å². The van der Waals surface area contributed by atoms with Crippen LogP contribution in [0.15, 0.2) is 36.8 Å². The highest BCUT2D eigenvalue weighted by atomic mass is 16.6. The molecule has 2 atom stereocenters. The predicted octanol–water partition coefficient (Wildman–Crippen LogP) is 4.55. The Morgan fingerprint density at radius 1 is 1.12 bits per heavy atom. The minimum atomic E-state index is -0.587. The second kappa shape index (κ2) is 10.8. The summed E-state index contributed by atoms with van der Waals surface area (Å²) >= 11 is 0. The van der Waals surface area contributed by atoms with Gasteiger partial charge in [0.05, 0.1) is 47.2 Å². The lowest BCUT2D eigenvalue weighted by Crippen LogP contribution is -2.59. The molecule has 5 rings (SSSR count). The second-order valence-electron chi connectivity index (χ2n) is 11.6. The lowest BCUT2D eigenvalue weighted by molar-refractivity contribution is 0.00566. The minimum absolute atomic E-state index is 0.128. The van der Waals surface area contributed by atoms with E-state index in [2.05, 4.69) is 31.2 Å². The number of aromatic nitrogens is 4. The number of carbonyl (C=O) groups is 2. The van der Waals surface area contributed by atoms with Gasteiger partial charge in [0, 0.05) is 42.8 Å². The quantitative estimate of drug-likeness (QED) is 0.374. The Kier molecular flexibility index (Phi) is 7.36. The summed E-state index contributed by atoms with van der Waals surface area (Å²) in [7, 11) is 1.47. The molecule has 12 heteroatoms. The number of fused-ring (bicyclic) bond motifs is 2. The number of amides is 2. The highest BCUT2D eigenvalue weighted by molar-refractivity contribution is 6.14. The van der Waals surface area contributed by atoms with Gasteiger partial charge >= 0.3 is 12.1 Å². The zero-order chi connectivity index (χ0) is 30.3. The van der Waals surface area contributed by atoms with Gasteiger partial charge in [-0.05, 0) is 59.7 Å². The van der Waals surface area contributed by atoms with Crippen LogP contribution in [0.1, 0.15) is 56.2 Å². The van der Waals surface area contributed by atoms with E-state index in [1.165, 1.54) is 7.11 Å². The van der Waals surface area contributed by atoms with E-state index in [-0.39, 0.29) is 24.2 Å². The van der Waals surface area contributed by atoms with Crippen LogP contribution in [0, 0.1) is 18.3 Å². The molecule has 3 aromatic heterocycles. The van der Waals surface area contributed by atoms with Gasteiger partial charge in [-0.25, -0.2) is 14.8 Å². The number of anilines is 2. The van der Waals surface area contributed by atoms with Crippen molar-refractivity contribution in [2.24, 2.45) is 0 Å². The number of ether oxygens (including phenoxy) is 2. The highest BCUT2D eigenvalue weighted by Gasteiger charge is 2.36. The Morgan fingerprint density at radius 2 is 1.83 bits per heavy atom. The van der Waals surface area contributed by atoms with E-state index in [0.29, 0.717) is 46.5 Å². The first-order chi connectivity index (χ1) is 19.9. The first-order valence-electron chi connectivity index (χ1n) is 13.7. The van der Waals surface area contributed by atoms with Gasteiger partial charge in [-0.2, -0.15) is 10.2 Å². The van der Waals surface area contributed by atoms with Crippen LogP contribution < -0.4 is 15.0 Å². The fourth-order valence-corrected chi connectivity index (χ4v) is 5.41. The summed E-state index contributed by atoms with van der Waals surface area (Å²) in [6, 6.07) is 7.21. The number of pyridine rings is 1. The van der Waals surface area contributed by atoms with Gasteiger partial charge in [0.2, 0.25) is 0 Å². The van der Waals surface area contributed by atoms with Gasteiger partial charge in [-0.15, -0.1) is 0 Å². The molecule has 0 radical (unpaired) electrons. The lowest BCUT2D eigenvalue weighted by Gasteiger charge is -2.45. The molecule has 4 aromatic rings. The maximum atomic E-state index is 13.6. The smallest absolute Gasteiger partial charge is 0.410 e. The summed E-state index contributed by atoms with van der Waals surface area (Å²) in [5.41, 5.74) is 3.07. The lowest BCUT2D eigenvalue weighted by atomic mass is 10.0. The number of nitrogens with zero attached hydrogens (tertiary/aromatic N) is 7. The van der Waals surface area contributed by atoms with Crippen molar-refractivity contribution in [3.63, 3.8) is 0 Å².